The highest BCUT2D eigenvalue weighted by molar-refractivity contribution is 5.82. The third-order valence-corrected chi connectivity index (χ3v) is 4.55. The summed E-state index contributed by atoms with van der Waals surface area (Å²) in [5.74, 6) is 1.93. The number of anilines is 1. The number of hydrogen-bond donors (Lipinski definition) is 2. The Balaban J connectivity index is 1.53. The number of carbonyl (C=O) groups excluding carboxylic acids is 1. The smallest absolute Gasteiger partial charge is 0.407 e. The highest BCUT2D eigenvalue weighted by Gasteiger charge is 2.16. The fourth-order valence-electron chi connectivity index (χ4n) is 3.17. The van der Waals surface area contributed by atoms with Crippen LogP contribution in [0.5, 0.6) is 0 Å². The lowest BCUT2D eigenvalue weighted by Crippen LogP contribution is -2.34. The number of nitrogens with one attached hydrogen (secondary N) is 2. The van der Waals surface area contributed by atoms with Crippen molar-refractivity contribution in [1.29, 1.82) is 0 Å². The second kappa shape index (κ2) is 8.63. The van der Waals surface area contributed by atoms with Gasteiger partial charge >= 0.3 is 6.09 Å². The molecular weight excluding hydrogens is 368 g/mol. The van der Waals surface area contributed by atoms with E-state index in [0.29, 0.717) is 12.5 Å². The van der Waals surface area contributed by atoms with Gasteiger partial charge in [-0.2, -0.15) is 0 Å². The van der Waals surface area contributed by atoms with Gasteiger partial charge in [0.05, 0.1) is 11.0 Å². The molecule has 0 aliphatic heterocycles. The lowest BCUT2D eigenvalue weighted by molar-refractivity contribution is 0.0519. The fourth-order valence-corrected chi connectivity index (χ4v) is 3.17. The topological polar surface area (TPSA) is 93.4 Å². The minimum absolute atomic E-state index is 0.351. The number of para-hydroxylation sites is 2. The van der Waals surface area contributed by atoms with Crippen molar-refractivity contribution >= 4 is 28.6 Å². The number of ether oxygens (including phenoxy) is 1. The molecule has 1 aromatic carbocycles. The van der Waals surface area contributed by atoms with E-state index in [1.54, 1.807) is 0 Å². The number of nitrogens with zero attached hydrogens (tertiary/aromatic N) is 4. The summed E-state index contributed by atoms with van der Waals surface area (Å²) in [4.78, 5) is 16.5. The maximum atomic E-state index is 11.7. The third kappa shape index (κ3) is 5.34. The Labute approximate surface area is 171 Å². The summed E-state index contributed by atoms with van der Waals surface area (Å²) < 4.78 is 7.29. The molecule has 29 heavy (non-hydrogen) atoms. The van der Waals surface area contributed by atoms with E-state index in [4.69, 9.17) is 9.72 Å². The van der Waals surface area contributed by atoms with Crippen LogP contribution in [0.1, 0.15) is 46.4 Å². The minimum atomic E-state index is -0.477. The van der Waals surface area contributed by atoms with Crippen molar-refractivity contribution < 1.29 is 9.53 Å². The van der Waals surface area contributed by atoms with Crippen LogP contribution < -0.4 is 10.6 Å². The van der Waals surface area contributed by atoms with Gasteiger partial charge in [0.15, 0.2) is 5.82 Å². The molecule has 3 rings (SSSR count). The summed E-state index contributed by atoms with van der Waals surface area (Å²) in [5.41, 5.74) is 2.16. The summed E-state index contributed by atoms with van der Waals surface area (Å²) in [6.45, 7) is 11.0. The van der Waals surface area contributed by atoms with Crippen LogP contribution in [0.15, 0.2) is 24.3 Å². The molecule has 3 aromatic rings. The molecule has 2 N–H and O–H groups in total. The molecule has 2 aromatic heterocycles. The largest absolute Gasteiger partial charge is 0.444 e. The van der Waals surface area contributed by atoms with Crippen molar-refractivity contribution in [3.8, 4) is 0 Å². The first-order valence-corrected chi connectivity index (χ1v) is 10.1. The number of hydrogen-bond acceptors (Lipinski definition) is 6. The van der Waals surface area contributed by atoms with Gasteiger partial charge in [-0.05, 0) is 58.6 Å². The average molecular weight is 399 g/mol. The van der Waals surface area contributed by atoms with E-state index in [1.165, 1.54) is 0 Å². The maximum absolute atomic E-state index is 11.7. The van der Waals surface area contributed by atoms with E-state index in [0.717, 1.165) is 47.7 Å². The molecule has 0 saturated heterocycles. The van der Waals surface area contributed by atoms with Crippen molar-refractivity contribution in [2.24, 2.45) is 5.92 Å². The first-order valence-electron chi connectivity index (χ1n) is 10.1. The molecule has 0 spiro atoms. The lowest BCUT2D eigenvalue weighted by atomic mass is 10.1. The molecule has 0 fully saturated rings. The monoisotopic (exact) mass is 398 g/mol. The van der Waals surface area contributed by atoms with Crippen molar-refractivity contribution in [2.75, 3.05) is 18.4 Å². The Kier molecular flexibility index (Phi) is 6.20. The predicted octanol–water partition coefficient (Wildman–Crippen LogP) is 3.94. The van der Waals surface area contributed by atoms with Crippen molar-refractivity contribution in [3.63, 3.8) is 0 Å². The van der Waals surface area contributed by atoms with Crippen LogP contribution in [0.25, 0.3) is 16.7 Å². The first kappa shape index (κ1) is 20.8. The molecular formula is C21H30N6O2. The van der Waals surface area contributed by atoms with Gasteiger partial charge in [0.1, 0.15) is 11.4 Å². The van der Waals surface area contributed by atoms with E-state index in [-0.39, 0.29) is 6.09 Å². The van der Waals surface area contributed by atoms with Crippen LogP contribution >= 0.6 is 0 Å². The van der Waals surface area contributed by atoms with Gasteiger partial charge in [-0.1, -0.05) is 19.1 Å². The molecule has 8 nitrogen and oxygen atoms in total. The Hall–Kier alpha value is -2.90. The van der Waals surface area contributed by atoms with Gasteiger partial charge in [0.25, 0.3) is 0 Å². The summed E-state index contributed by atoms with van der Waals surface area (Å²) in [6.07, 6.45) is 1.55. The Bertz CT molecular complexity index is 992. The van der Waals surface area contributed by atoms with Crippen molar-refractivity contribution in [3.05, 3.63) is 30.1 Å². The van der Waals surface area contributed by atoms with Gasteiger partial charge in [0.2, 0.25) is 5.65 Å². The Morgan fingerprint density at radius 2 is 2.00 bits per heavy atom. The highest BCUT2D eigenvalue weighted by atomic mass is 16.6. The number of aryl methyl sites for hydroxylation is 1. The lowest BCUT2D eigenvalue weighted by Gasteiger charge is -2.20. The van der Waals surface area contributed by atoms with Gasteiger partial charge in [-0.15, -0.1) is 10.2 Å². The van der Waals surface area contributed by atoms with Crippen LogP contribution in [0.4, 0.5) is 10.6 Å². The Morgan fingerprint density at radius 3 is 2.76 bits per heavy atom. The maximum Gasteiger partial charge on any atom is 0.407 e. The molecule has 0 bridgehead atoms. The van der Waals surface area contributed by atoms with Crippen LogP contribution in [0.3, 0.4) is 0 Å². The summed E-state index contributed by atoms with van der Waals surface area (Å²) in [7, 11) is 0. The van der Waals surface area contributed by atoms with Gasteiger partial charge < -0.3 is 15.4 Å². The van der Waals surface area contributed by atoms with Crippen LogP contribution in [-0.4, -0.2) is 44.4 Å². The molecule has 0 radical (unpaired) electrons. The van der Waals surface area contributed by atoms with E-state index in [2.05, 4.69) is 27.8 Å². The normalized spacial score (nSPS) is 12.9. The van der Waals surface area contributed by atoms with Gasteiger partial charge in [-0.25, -0.2) is 9.78 Å². The predicted molar refractivity (Wildman–Crippen MR) is 114 cm³/mol. The summed E-state index contributed by atoms with van der Waals surface area (Å²) >= 11 is 0. The second-order valence-corrected chi connectivity index (χ2v) is 8.41. The highest BCUT2D eigenvalue weighted by Crippen LogP contribution is 2.21. The van der Waals surface area contributed by atoms with Crippen molar-refractivity contribution in [2.45, 2.75) is 53.1 Å². The number of rotatable bonds is 7. The van der Waals surface area contributed by atoms with E-state index in [1.807, 2.05) is 56.4 Å². The Morgan fingerprint density at radius 1 is 1.24 bits per heavy atom. The van der Waals surface area contributed by atoms with Crippen LogP contribution in [0, 0.1) is 12.8 Å². The summed E-state index contributed by atoms with van der Waals surface area (Å²) in [6, 6.07) is 7.98. The average Bonchev–Trinajstić information content (AvgIpc) is 3.04. The number of amides is 1. The fraction of sp³-hybridized carbons (Fsp3) is 0.524. The number of benzene rings is 1. The number of fused-ring (bicyclic) bond motifs is 3. The molecule has 8 heteroatoms. The van der Waals surface area contributed by atoms with Crippen LogP contribution in [0.2, 0.25) is 0 Å². The zero-order valence-corrected chi connectivity index (χ0v) is 17.8. The molecule has 0 aliphatic carbocycles. The molecule has 0 aliphatic rings. The zero-order valence-electron chi connectivity index (χ0n) is 17.8. The number of carbonyl (C=O) groups is 1. The van der Waals surface area contributed by atoms with Crippen molar-refractivity contribution in [1.82, 2.24) is 24.9 Å². The third-order valence-electron chi connectivity index (χ3n) is 4.55. The first-order chi connectivity index (χ1) is 13.7. The summed E-state index contributed by atoms with van der Waals surface area (Å²) in [5, 5.41) is 14.7. The number of alkyl carbamates (subject to hydrolysis) is 1. The quantitative estimate of drug-likeness (QED) is 0.586. The molecule has 1 atom stereocenters. The second-order valence-electron chi connectivity index (χ2n) is 8.41. The van der Waals surface area contributed by atoms with Gasteiger partial charge in [0, 0.05) is 13.1 Å². The van der Waals surface area contributed by atoms with Crippen LogP contribution in [-0.2, 0) is 4.74 Å². The molecule has 2 heterocycles. The van der Waals surface area contributed by atoms with E-state index < -0.39 is 5.60 Å². The standard InChI is InChI=1S/C21H30N6O2/c1-14(13-23-20(28)29-21(3,4)5)9-8-12-22-18-19-26-25-15(2)27(19)17-11-7-6-10-16(17)24-18/h6-7,10-11,14H,8-9,12-13H2,1-5H3,(H,22,24)(H,23,28)/t14-/m1/s1. The van der Waals surface area contributed by atoms with E-state index in [9.17, 15) is 4.79 Å². The SMILES string of the molecule is Cc1nnc2c(NCCC[C@@H](C)CNC(=O)OC(C)(C)C)nc3ccccc3n12. The molecule has 0 unspecified atom stereocenters. The molecule has 1 amide bonds. The molecule has 0 saturated carbocycles. The minimum Gasteiger partial charge on any atom is -0.444 e. The zero-order chi connectivity index (χ0) is 21.0. The molecule has 156 valence electrons. The van der Waals surface area contributed by atoms with Gasteiger partial charge in [-0.3, -0.25) is 4.40 Å². The van der Waals surface area contributed by atoms with E-state index >= 15 is 0 Å². The number of aromatic nitrogens is 4.